The molecule has 0 saturated carbocycles. The highest BCUT2D eigenvalue weighted by molar-refractivity contribution is 14.0. The summed E-state index contributed by atoms with van der Waals surface area (Å²) in [5.74, 6) is 0.653. The Balaban J connectivity index is 0.00000420. The third-order valence-corrected chi connectivity index (χ3v) is 5.55. The first-order chi connectivity index (χ1) is 13.3. The Morgan fingerprint density at radius 3 is 2.34 bits per heavy atom. The molecule has 9 heteroatoms. The maximum Gasteiger partial charge on any atom is 0.191 e. The topological polar surface area (TPSA) is 79.8 Å². The number of guanidine groups is 1. The summed E-state index contributed by atoms with van der Waals surface area (Å²) >= 11 is 5.86. The van der Waals surface area contributed by atoms with Crippen LogP contribution in [-0.4, -0.2) is 40.8 Å². The molecule has 0 saturated heterocycles. The summed E-state index contributed by atoms with van der Waals surface area (Å²) in [5.41, 5.74) is 2.78. The molecule has 0 radical (unpaired) electrons. The van der Waals surface area contributed by atoms with Crippen LogP contribution in [0.1, 0.15) is 16.7 Å². The molecule has 0 atom stereocenters. The van der Waals surface area contributed by atoms with Crippen LogP contribution in [-0.2, 0) is 27.7 Å². The molecule has 2 N–H and O–H groups in total. The molecule has 0 fully saturated rings. The zero-order valence-corrected chi connectivity index (χ0v) is 20.6. The highest BCUT2D eigenvalue weighted by Gasteiger charge is 2.10. The molecule has 0 bridgehead atoms. The molecular weight excluding hydrogens is 525 g/mol. The predicted octanol–water partition coefficient (Wildman–Crippen LogP) is 3.55. The van der Waals surface area contributed by atoms with Gasteiger partial charge in [0.25, 0.3) is 0 Å². The lowest BCUT2D eigenvalue weighted by Gasteiger charge is -2.13. The number of aryl methyl sites for hydroxylation is 1. The Kier molecular flexibility index (Phi) is 10.9. The van der Waals surface area contributed by atoms with Gasteiger partial charge in [-0.15, -0.1) is 24.0 Å². The minimum Gasteiger partial charge on any atom is -0.375 e. The van der Waals surface area contributed by atoms with E-state index in [0.29, 0.717) is 42.2 Å². The molecular formula is C20H27ClIN3O3S. The largest absolute Gasteiger partial charge is 0.375 e. The molecule has 2 rings (SSSR count). The summed E-state index contributed by atoms with van der Waals surface area (Å²) < 4.78 is 29.0. The van der Waals surface area contributed by atoms with E-state index < -0.39 is 9.84 Å². The first-order valence-electron chi connectivity index (χ1n) is 8.86. The molecule has 29 heavy (non-hydrogen) atoms. The van der Waals surface area contributed by atoms with Gasteiger partial charge in [-0.3, -0.25) is 4.99 Å². The average molecular weight is 552 g/mol. The summed E-state index contributed by atoms with van der Waals surface area (Å²) in [6.45, 7) is 4.00. The number of hydrogen-bond donors (Lipinski definition) is 2. The highest BCUT2D eigenvalue weighted by Crippen LogP contribution is 2.16. The maximum atomic E-state index is 11.7. The van der Waals surface area contributed by atoms with E-state index in [1.54, 1.807) is 26.1 Å². The predicted molar refractivity (Wildman–Crippen MR) is 129 cm³/mol. The van der Waals surface area contributed by atoms with Crippen molar-refractivity contribution in [2.75, 3.05) is 26.5 Å². The van der Waals surface area contributed by atoms with Crippen LogP contribution in [0.4, 0.5) is 0 Å². The summed E-state index contributed by atoms with van der Waals surface area (Å²) in [6.07, 6.45) is 1.22. The summed E-state index contributed by atoms with van der Waals surface area (Å²) in [4.78, 5) is 4.53. The monoisotopic (exact) mass is 551 g/mol. The number of hydrogen-bond acceptors (Lipinski definition) is 4. The third-order valence-electron chi connectivity index (χ3n) is 4.04. The molecule has 0 aliphatic rings. The molecule has 160 valence electrons. The molecule has 0 heterocycles. The van der Waals surface area contributed by atoms with Gasteiger partial charge in [0.05, 0.1) is 18.1 Å². The van der Waals surface area contributed by atoms with E-state index in [1.807, 2.05) is 30.3 Å². The zero-order chi connectivity index (χ0) is 20.6. The molecule has 2 aromatic rings. The van der Waals surface area contributed by atoms with Crippen molar-refractivity contribution in [3.05, 3.63) is 64.2 Å². The van der Waals surface area contributed by atoms with Gasteiger partial charge in [0.15, 0.2) is 15.8 Å². The van der Waals surface area contributed by atoms with Crippen LogP contribution in [0.15, 0.2) is 52.4 Å². The highest BCUT2D eigenvalue weighted by atomic mass is 127. The van der Waals surface area contributed by atoms with Gasteiger partial charge >= 0.3 is 0 Å². The number of ether oxygens (including phenoxy) is 1. The number of halogens is 2. The molecule has 0 aromatic heterocycles. The fraction of sp³-hybridized carbons (Fsp3) is 0.350. The Morgan fingerprint density at radius 1 is 1.10 bits per heavy atom. The summed E-state index contributed by atoms with van der Waals surface area (Å²) in [7, 11) is -1.51. The fourth-order valence-electron chi connectivity index (χ4n) is 2.66. The minimum absolute atomic E-state index is 0. The standard InChI is InChI=1S/C20H26ClN3O3S.HI/c1-15-12-17(6-9-19(15)28(3,25)26)13-24-20(22-2)23-10-11-27-14-16-4-7-18(21)8-5-16;/h4-9,12H,10-11,13-14H2,1-3H3,(H2,22,23,24);1H. The lowest BCUT2D eigenvalue weighted by Crippen LogP contribution is -2.38. The second-order valence-electron chi connectivity index (χ2n) is 6.40. The SMILES string of the molecule is CN=C(NCCOCc1ccc(Cl)cc1)NCc1ccc(S(C)(=O)=O)c(C)c1.I. The van der Waals surface area contributed by atoms with Crippen molar-refractivity contribution in [2.45, 2.75) is 25.0 Å². The lowest BCUT2D eigenvalue weighted by molar-refractivity contribution is 0.125. The van der Waals surface area contributed by atoms with Gasteiger partial charge in [-0.25, -0.2) is 8.42 Å². The van der Waals surface area contributed by atoms with E-state index >= 15 is 0 Å². The maximum absolute atomic E-state index is 11.7. The van der Waals surface area contributed by atoms with Gasteiger partial charge in [0, 0.05) is 31.4 Å². The van der Waals surface area contributed by atoms with Gasteiger partial charge in [-0.05, 0) is 41.8 Å². The molecule has 2 aromatic carbocycles. The molecule has 6 nitrogen and oxygen atoms in total. The van der Waals surface area contributed by atoms with E-state index in [9.17, 15) is 8.42 Å². The van der Waals surface area contributed by atoms with Crippen LogP contribution >= 0.6 is 35.6 Å². The second-order valence-corrected chi connectivity index (χ2v) is 8.82. The van der Waals surface area contributed by atoms with E-state index in [0.717, 1.165) is 16.7 Å². The van der Waals surface area contributed by atoms with Crippen molar-refractivity contribution in [2.24, 2.45) is 4.99 Å². The number of nitrogens with one attached hydrogen (secondary N) is 2. The van der Waals surface area contributed by atoms with E-state index in [4.69, 9.17) is 16.3 Å². The molecule has 0 unspecified atom stereocenters. The van der Waals surface area contributed by atoms with Crippen LogP contribution in [0.25, 0.3) is 0 Å². The molecule has 0 aliphatic heterocycles. The zero-order valence-electron chi connectivity index (χ0n) is 16.7. The minimum atomic E-state index is -3.20. The van der Waals surface area contributed by atoms with Crippen LogP contribution in [0.5, 0.6) is 0 Å². The van der Waals surface area contributed by atoms with Crippen LogP contribution in [0.3, 0.4) is 0 Å². The average Bonchev–Trinajstić information content (AvgIpc) is 2.64. The first kappa shape index (κ1) is 25.7. The van der Waals surface area contributed by atoms with Gasteiger partial charge in [0.1, 0.15) is 0 Å². The molecule has 0 spiro atoms. The van der Waals surface area contributed by atoms with Crippen molar-refractivity contribution in [3.8, 4) is 0 Å². The van der Waals surface area contributed by atoms with Crippen LogP contribution in [0, 0.1) is 6.92 Å². The number of benzene rings is 2. The van der Waals surface area contributed by atoms with E-state index in [-0.39, 0.29) is 24.0 Å². The Morgan fingerprint density at radius 2 is 1.76 bits per heavy atom. The third kappa shape index (κ3) is 8.90. The van der Waals surface area contributed by atoms with Crippen LogP contribution in [0.2, 0.25) is 5.02 Å². The number of aliphatic imine (C=N–C) groups is 1. The molecule has 0 aliphatic carbocycles. The van der Waals surface area contributed by atoms with Crippen molar-refractivity contribution >= 4 is 51.4 Å². The van der Waals surface area contributed by atoms with E-state index in [1.165, 1.54) is 6.26 Å². The fourth-order valence-corrected chi connectivity index (χ4v) is 3.74. The van der Waals surface area contributed by atoms with Crippen molar-refractivity contribution in [1.82, 2.24) is 10.6 Å². The summed E-state index contributed by atoms with van der Waals surface area (Å²) in [5, 5.41) is 7.10. The van der Waals surface area contributed by atoms with Crippen LogP contribution < -0.4 is 10.6 Å². The number of nitrogens with zero attached hydrogens (tertiary/aromatic N) is 1. The van der Waals surface area contributed by atoms with E-state index in [2.05, 4.69) is 15.6 Å². The Bertz CT molecular complexity index is 919. The van der Waals surface area contributed by atoms with Crippen molar-refractivity contribution in [3.63, 3.8) is 0 Å². The van der Waals surface area contributed by atoms with Gasteiger partial charge in [0.2, 0.25) is 0 Å². The first-order valence-corrected chi connectivity index (χ1v) is 11.1. The Hall–Kier alpha value is -1.36. The van der Waals surface area contributed by atoms with Gasteiger partial charge in [-0.1, -0.05) is 35.9 Å². The van der Waals surface area contributed by atoms with Gasteiger partial charge in [-0.2, -0.15) is 0 Å². The summed E-state index contributed by atoms with van der Waals surface area (Å²) in [6, 6.07) is 12.9. The second kappa shape index (κ2) is 12.4. The normalized spacial score (nSPS) is 11.7. The molecule has 0 amide bonds. The van der Waals surface area contributed by atoms with Crippen molar-refractivity contribution in [1.29, 1.82) is 0 Å². The number of sulfone groups is 1. The number of rotatable bonds is 8. The van der Waals surface area contributed by atoms with Crippen molar-refractivity contribution < 1.29 is 13.2 Å². The van der Waals surface area contributed by atoms with Gasteiger partial charge < -0.3 is 15.4 Å². The smallest absolute Gasteiger partial charge is 0.191 e. The lowest BCUT2D eigenvalue weighted by atomic mass is 10.1. The Labute approximate surface area is 195 Å². The quantitative estimate of drug-likeness (QED) is 0.227.